The third kappa shape index (κ3) is 3.67. The van der Waals surface area contributed by atoms with Gasteiger partial charge in [0.2, 0.25) is 5.78 Å². The van der Waals surface area contributed by atoms with Gasteiger partial charge in [-0.2, -0.15) is 0 Å². The minimum atomic E-state index is -0.381. The summed E-state index contributed by atoms with van der Waals surface area (Å²) in [6.07, 6.45) is 2.57. The highest BCUT2D eigenvalue weighted by atomic mass is 32.2. The van der Waals surface area contributed by atoms with Gasteiger partial charge in [0.15, 0.2) is 10.9 Å². The minimum absolute atomic E-state index is 0.0145. The van der Waals surface area contributed by atoms with Crippen LogP contribution in [0.3, 0.4) is 0 Å². The van der Waals surface area contributed by atoms with Gasteiger partial charge in [-0.15, -0.1) is 10.2 Å². The van der Waals surface area contributed by atoms with Gasteiger partial charge in [0.25, 0.3) is 5.56 Å². The van der Waals surface area contributed by atoms with Crippen molar-refractivity contribution < 1.29 is 4.79 Å². The fourth-order valence-corrected chi connectivity index (χ4v) is 5.84. The molecule has 0 N–H and O–H groups in total. The molecule has 0 amide bonds. The quantitative estimate of drug-likeness (QED) is 0.287. The number of fused-ring (bicyclic) bond motifs is 4. The van der Waals surface area contributed by atoms with Crippen LogP contribution in [0.25, 0.3) is 16.7 Å². The lowest BCUT2D eigenvalue weighted by Crippen LogP contribution is -2.25. The number of benzene rings is 2. The third-order valence-corrected chi connectivity index (χ3v) is 7.89. The maximum absolute atomic E-state index is 13.4. The zero-order valence-electron chi connectivity index (χ0n) is 20.6. The lowest BCUT2D eigenvalue weighted by molar-refractivity contribution is -0.114. The molecule has 4 aromatic rings. The summed E-state index contributed by atoms with van der Waals surface area (Å²) in [5.41, 5.74) is 3.73. The first-order valence-corrected chi connectivity index (χ1v) is 12.8. The van der Waals surface area contributed by atoms with E-state index in [2.05, 4.69) is 41.1 Å². The molecule has 1 aliphatic heterocycles. The number of para-hydroxylation sites is 2. The first-order chi connectivity index (χ1) is 16.8. The van der Waals surface area contributed by atoms with Crippen molar-refractivity contribution in [2.75, 3.05) is 11.9 Å². The van der Waals surface area contributed by atoms with Crippen LogP contribution in [0.2, 0.25) is 0 Å². The maximum atomic E-state index is 13.4. The monoisotopic (exact) mass is 487 g/mol. The van der Waals surface area contributed by atoms with Gasteiger partial charge in [0.05, 0.1) is 16.2 Å². The van der Waals surface area contributed by atoms with Gasteiger partial charge < -0.3 is 4.90 Å². The smallest absolute Gasteiger partial charge is 0.262 e. The zero-order valence-corrected chi connectivity index (χ0v) is 21.5. The highest BCUT2D eigenvalue weighted by Crippen LogP contribution is 2.46. The van der Waals surface area contributed by atoms with Gasteiger partial charge in [-0.1, -0.05) is 62.9 Å². The number of carbonyl (C=O) groups excluding carboxylic acids is 1. The van der Waals surface area contributed by atoms with Gasteiger partial charge in [0, 0.05) is 36.5 Å². The topological polar surface area (TPSA) is 72.5 Å². The Kier molecular flexibility index (Phi) is 5.79. The number of allylic oxidation sites excluding steroid dienone is 2. The van der Waals surface area contributed by atoms with E-state index in [9.17, 15) is 9.59 Å². The number of anilines is 1. The molecule has 1 aliphatic rings. The van der Waals surface area contributed by atoms with E-state index in [1.54, 1.807) is 10.6 Å². The molecule has 5 rings (SSSR count). The van der Waals surface area contributed by atoms with Crippen LogP contribution in [0.15, 0.2) is 70.3 Å². The molecule has 0 fully saturated rings. The van der Waals surface area contributed by atoms with Crippen LogP contribution < -0.4 is 10.5 Å². The van der Waals surface area contributed by atoms with Crippen LogP contribution in [0.4, 0.5) is 5.69 Å². The van der Waals surface area contributed by atoms with E-state index >= 15 is 0 Å². The molecule has 35 heavy (non-hydrogen) atoms. The minimum Gasteiger partial charge on any atom is -0.347 e. The van der Waals surface area contributed by atoms with E-state index in [-0.39, 0.29) is 22.0 Å². The van der Waals surface area contributed by atoms with E-state index in [1.165, 1.54) is 17.3 Å². The number of aryl methyl sites for hydroxylation is 1. The van der Waals surface area contributed by atoms with Crippen LogP contribution in [-0.4, -0.2) is 37.2 Å². The van der Waals surface area contributed by atoms with Crippen molar-refractivity contribution in [1.29, 1.82) is 0 Å². The standard InChI is InChI=1S/C27H29N5O2S/c1-6-15-31-24(34)18-11-7-9-13-20(18)32-25(31)28-29-26(32)35-17(2)22(33)16-23-27(3,4)19-12-8-10-14-21(19)30(23)5/h7-14,16-17H,6,15H2,1-5H3/b23-16+. The van der Waals surface area contributed by atoms with Crippen molar-refractivity contribution in [1.82, 2.24) is 19.2 Å². The fourth-order valence-electron chi connectivity index (χ4n) is 4.96. The van der Waals surface area contributed by atoms with Crippen LogP contribution in [0.1, 0.15) is 39.7 Å². The molecular weight excluding hydrogens is 458 g/mol. The van der Waals surface area contributed by atoms with Crippen LogP contribution in [0, 0.1) is 0 Å². The average molecular weight is 488 g/mol. The molecule has 7 nitrogen and oxygen atoms in total. The Labute approximate surface area is 208 Å². The highest BCUT2D eigenvalue weighted by molar-refractivity contribution is 8.00. The van der Waals surface area contributed by atoms with Gasteiger partial charge in [0.1, 0.15) is 0 Å². The number of likely N-dealkylation sites (N-methyl/N-ethyl adjacent to an activating group) is 1. The predicted molar refractivity (Wildman–Crippen MR) is 141 cm³/mol. The van der Waals surface area contributed by atoms with E-state index in [0.717, 1.165) is 23.3 Å². The molecule has 0 saturated heterocycles. The first-order valence-electron chi connectivity index (χ1n) is 11.9. The van der Waals surface area contributed by atoms with Crippen molar-refractivity contribution in [2.45, 2.75) is 56.5 Å². The largest absolute Gasteiger partial charge is 0.347 e. The number of aromatic nitrogens is 4. The maximum Gasteiger partial charge on any atom is 0.262 e. The Hall–Kier alpha value is -3.39. The Balaban J connectivity index is 1.52. The lowest BCUT2D eigenvalue weighted by Gasteiger charge is -2.24. The molecule has 0 spiro atoms. The summed E-state index contributed by atoms with van der Waals surface area (Å²) in [6, 6.07) is 15.8. The van der Waals surface area contributed by atoms with E-state index < -0.39 is 0 Å². The SMILES string of the molecule is CCCn1c(=O)c2ccccc2n2c(SC(C)C(=O)/C=C3/N(C)c4ccccc4C3(C)C)nnc12. The molecule has 180 valence electrons. The molecule has 0 aliphatic carbocycles. The van der Waals surface area contributed by atoms with Gasteiger partial charge in [-0.05, 0) is 37.1 Å². The number of ketones is 1. The van der Waals surface area contributed by atoms with Gasteiger partial charge >= 0.3 is 0 Å². The molecule has 8 heteroatoms. The molecule has 1 unspecified atom stereocenters. The molecule has 1 atom stereocenters. The summed E-state index contributed by atoms with van der Waals surface area (Å²) in [5.74, 6) is 0.517. The molecule has 2 aromatic heterocycles. The molecule has 3 heterocycles. The number of carbonyl (C=O) groups is 1. The van der Waals surface area contributed by atoms with Crippen LogP contribution in [-0.2, 0) is 16.8 Å². The predicted octanol–water partition coefficient (Wildman–Crippen LogP) is 4.82. The van der Waals surface area contributed by atoms with Crippen molar-refractivity contribution in [3.05, 3.63) is 76.2 Å². The van der Waals surface area contributed by atoms with Crippen molar-refractivity contribution in [3.8, 4) is 0 Å². The summed E-state index contributed by atoms with van der Waals surface area (Å²) in [7, 11) is 2.01. The van der Waals surface area contributed by atoms with Crippen LogP contribution >= 0.6 is 11.8 Å². The Morgan fingerprint density at radius 1 is 1.11 bits per heavy atom. The lowest BCUT2D eigenvalue weighted by atomic mass is 9.83. The second-order valence-electron chi connectivity index (χ2n) is 9.49. The van der Waals surface area contributed by atoms with Crippen molar-refractivity contribution in [2.24, 2.45) is 0 Å². The Morgan fingerprint density at radius 2 is 1.83 bits per heavy atom. The summed E-state index contributed by atoms with van der Waals surface area (Å²) >= 11 is 1.37. The third-order valence-electron chi connectivity index (χ3n) is 6.83. The average Bonchev–Trinajstić information content (AvgIpc) is 3.35. The Morgan fingerprint density at radius 3 is 2.57 bits per heavy atom. The van der Waals surface area contributed by atoms with Gasteiger partial charge in [-0.3, -0.25) is 18.6 Å². The molecule has 2 aromatic carbocycles. The van der Waals surface area contributed by atoms with E-state index in [4.69, 9.17) is 0 Å². The fraction of sp³-hybridized carbons (Fsp3) is 0.333. The number of hydrogen-bond donors (Lipinski definition) is 0. The van der Waals surface area contributed by atoms with Gasteiger partial charge in [-0.25, -0.2) is 0 Å². The normalized spacial score (nSPS) is 16.8. The Bertz CT molecular complexity index is 1550. The highest BCUT2D eigenvalue weighted by Gasteiger charge is 2.39. The summed E-state index contributed by atoms with van der Waals surface area (Å²) in [4.78, 5) is 28.6. The molecule has 0 saturated carbocycles. The molecular formula is C27H29N5O2S. The number of rotatable bonds is 6. The van der Waals surface area contributed by atoms with E-state index in [0.29, 0.717) is 22.9 Å². The number of hydrogen-bond acceptors (Lipinski definition) is 6. The second kappa shape index (κ2) is 8.68. The number of thioether (sulfide) groups is 1. The first kappa shape index (κ1) is 23.4. The number of nitrogens with zero attached hydrogens (tertiary/aromatic N) is 5. The van der Waals surface area contributed by atoms with Crippen molar-refractivity contribution >= 4 is 39.9 Å². The summed E-state index contributed by atoms with van der Waals surface area (Å²) in [6.45, 7) is 8.77. The summed E-state index contributed by atoms with van der Waals surface area (Å²) < 4.78 is 3.57. The summed E-state index contributed by atoms with van der Waals surface area (Å²) in [5, 5.41) is 9.57. The molecule has 0 radical (unpaired) electrons. The van der Waals surface area contributed by atoms with Crippen molar-refractivity contribution in [3.63, 3.8) is 0 Å². The second-order valence-corrected chi connectivity index (χ2v) is 10.8. The zero-order chi connectivity index (χ0) is 24.9. The molecule has 0 bridgehead atoms. The van der Waals surface area contributed by atoms with Crippen LogP contribution in [0.5, 0.6) is 0 Å². The van der Waals surface area contributed by atoms with E-state index in [1.807, 2.05) is 61.7 Å².